The Morgan fingerprint density at radius 1 is 1.06 bits per heavy atom. The molecule has 1 rings (SSSR count). The highest BCUT2D eigenvalue weighted by atomic mass is 16.7. The highest BCUT2D eigenvalue weighted by Gasteiger charge is 2.47. The summed E-state index contributed by atoms with van der Waals surface area (Å²) in [6.45, 7) is 4.09. The summed E-state index contributed by atoms with van der Waals surface area (Å²) in [5.74, 6) is -1.09. The van der Waals surface area contributed by atoms with Gasteiger partial charge in [0.15, 0.2) is 18.5 Å². The van der Waals surface area contributed by atoms with Crippen molar-refractivity contribution in [1.82, 2.24) is 0 Å². The summed E-state index contributed by atoms with van der Waals surface area (Å²) < 4.78 is 20.3. The zero-order valence-corrected chi connectivity index (χ0v) is 10.8. The molecule has 7 nitrogen and oxygen atoms in total. The van der Waals surface area contributed by atoms with Crippen molar-refractivity contribution in [2.24, 2.45) is 0 Å². The molecule has 0 saturated carbocycles. The van der Waals surface area contributed by atoms with E-state index in [1.54, 1.807) is 6.92 Å². The molecule has 0 aromatic carbocycles. The molecule has 0 aromatic rings. The topological polar surface area (TPSA) is 91.3 Å². The SMILES string of the molecule is CO[C@@H]1[C@H](OC(C)=O)[C@H](C)O[C@H](O)[C@H]1OC(C)=O. The maximum absolute atomic E-state index is 11.0. The molecule has 1 N–H and O–H groups in total. The fourth-order valence-electron chi connectivity index (χ4n) is 1.93. The van der Waals surface area contributed by atoms with E-state index in [-0.39, 0.29) is 0 Å². The fourth-order valence-corrected chi connectivity index (χ4v) is 1.93. The van der Waals surface area contributed by atoms with Gasteiger partial charge in [-0.05, 0) is 6.92 Å². The minimum atomic E-state index is -1.32. The van der Waals surface area contributed by atoms with E-state index < -0.39 is 42.6 Å². The normalized spacial score (nSPS) is 35.9. The highest BCUT2D eigenvalue weighted by molar-refractivity contribution is 5.67. The van der Waals surface area contributed by atoms with E-state index in [1.807, 2.05) is 0 Å². The van der Waals surface area contributed by atoms with Crippen molar-refractivity contribution in [3.63, 3.8) is 0 Å². The first-order valence-corrected chi connectivity index (χ1v) is 5.57. The average molecular weight is 262 g/mol. The average Bonchev–Trinajstić information content (AvgIpc) is 2.24. The van der Waals surface area contributed by atoms with Crippen LogP contribution in [-0.2, 0) is 28.5 Å². The van der Waals surface area contributed by atoms with Gasteiger partial charge in [0.05, 0.1) is 6.10 Å². The summed E-state index contributed by atoms with van der Waals surface area (Å²) in [5.41, 5.74) is 0. The number of methoxy groups -OCH3 is 1. The Kier molecular flexibility index (Phi) is 5.06. The molecule has 0 aliphatic carbocycles. The molecule has 1 aliphatic rings. The quantitative estimate of drug-likeness (QED) is 0.692. The van der Waals surface area contributed by atoms with Crippen LogP contribution in [0.2, 0.25) is 0 Å². The maximum Gasteiger partial charge on any atom is 0.303 e. The van der Waals surface area contributed by atoms with E-state index in [1.165, 1.54) is 21.0 Å². The molecule has 0 spiro atoms. The van der Waals surface area contributed by atoms with Crippen LogP contribution in [0.5, 0.6) is 0 Å². The molecule has 1 saturated heterocycles. The zero-order chi connectivity index (χ0) is 13.9. The summed E-state index contributed by atoms with van der Waals surface area (Å²) in [4.78, 5) is 22.0. The van der Waals surface area contributed by atoms with E-state index in [4.69, 9.17) is 18.9 Å². The van der Waals surface area contributed by atoms with Gasteiger partial charge in [-0.1, -0.05) is 0 Å². The van der Waals surface area contributed by atoms with Crippen LogP contribution in [0.15, 0.2) is 0 Å². The zero-order valence-electron chi connectivity index (χ0n) is 10.8. The lowest BCUT2D eigenvalue weighted by molar-refractivity contribution is -0.289. The van der Waals surface area contributed by atoms with Crippen LogP contribution in [0.1, 0.15) is 20.8 Å². The molecule has 0 amide bonds. The fraction of sp³-hybridized carbons (Fsp3) is 0.818. The lowest BCUT2D eigenvalue weighted by Gasteiger charge is -2.41. The Labute approximate surface area is 105 Å². The lowest BCUT2D eigenvalue weighted by atomic mass is 9.99. The summed E-state index contributed by atoms with van der Waals surface area (Å²) in [6, 6.07) is 0. The van der Waals surface area contributed by atoms with E-state index in [2.05, 4.69) is 0 Å². The second kappa shape index (κ2) is 6.12. The molecule has 0 bridgehead atoms. The monoisotopic (exact) mass is 262 g/mol. The largest absolute Gasteiger partial charge is 0.457 e. The second-order valence-corrected chi connectivity index (χ2v) is 4.08. The Hall–Kier alpha value is -1.18. The number of carbonyl (C=O) groups is 2. The third-order valence-electron chi connectivity index (χ3n) is 2.62. The minimum absolute atomic E-state index is 0.504. The van der Waals surface area contributed by atoms with Gasteiger partial charge >= 0.3 is 11.9 Å². The molecule has 1 aliphatic heterocycles. The highest BCUT2D eigenvalue weighted by Crippen LogP contribution is 2.26. The van der Waals surface area contributed by atoms with Gasteiger partial charge in [-0.15, -0.1) is 0 Å². The predicted octanol–water partition coefficient (Wildman–Crippen LogP) is -0.398. The summed E-state index contributed by atoms with van der Waals surface area (Å²) in [6.07, 6.45) is -4.45. The molecule has 1 heterocycles. The van der Waals surface area contributed by atoms with Crippen LogP contribution >= 0.6 is 0 Å². The molecule has 0 aromatic heterocycles. The summed E-state index contributed by atoms with van der Waals surface area (Å²) in [7, 11) is 1.38. The van der Waals surface area contributed by atoms with E-state index >= 15 is 0 Å². The molecular formula is C11H18O7. The minimum Gasteiger partial charge on any atom is -0.457 e. The molecule has 1 fully saturated rings. The number of aliphatic hydroxyl groups excluding tert-OH is 1. The molecule has 18 heavy (non-hydrogen) atoms. The van der Waals surface area contributed by atoms with Gasteiger partial charge in [0.25, 0.3) is 0 Å². The van der Waals surface area contributed by atoms with Gasteiger partial charge < -0.3 is 24.1 Å². The van der Waals surface area contributed by atoms with Crippen molar-refractivity contribution in [2.45, 2.75) is 51.5 Å². The number of hydrogen-bond donors (Lipinski definition) is 1. The van der Waals surface area contributed by atoms with Gasteiger partial charge in [-0.3, -0.25) is 9.59 Å². The van der Waals surface area contributed by atoms with Gasteiger partial charge in [0.1, 0.15) is 6.10 Å². The molecule has 7 heteroatoms. The van der Waals surface area contributed by atoms with Crippen LogP contribution in [0.3, 0.4) is 0 Å². The number of ether oxygens (including phenoxy) is 4. The van der Waals surface area contributed by atoms with Gasteiger partial charge in [-0.2, -0.15) is 0 Å². The van der Waals surface area contributed by atoms with Gasteiger partial charge in [0, 0.05) is 21.0 Å². The first-order chi connectivity index (χ1) is 8.36. The van der Waals surface area contributed by atoms with Gasteiger partial charge in [0.2, 0.25) is 0 Å². The van der Waals surface area contributed by atoms with E-state index in [9.17, 15) is 14.7 Å². The van der Waals surface area contributed by atoms with Crippen LogP contribution in [0.25, 0.3) is 0 Å². The molecule has 104 valence electrons. The van der Waals surface area contributed by atoms with Crippen LogP contribution in [0.4, 0.5) is 0 Å². The molecule has 0 radical (unpaired) electrons. The predicted molar refractivity (Wildman–Crippen MR) is 58.5 cm³/mol. The number of hydrogen-bond acceptors (Lipinski definition) is 7. The van der Waals surface area contributed by atoms with E-state index in [0.29, 0.717) is 0 Å². The number of rotatable bonds is 3. The Bertz CT molecular complexity index is 289. The molecular weight excluding hydrogens is 244 g/mol. The van der Waals surface area contributed by atoms with Crippen molar-refractivity contribution in [2.75, 3.05) is 7.11 Å². The van der Waals surface area contributed by atoms with Gasteiger partial charge in [-0.25, -0.2) is 0 Å². The number of carbonyl (C=O) groups excluding carboxylic acids is 2. The second-order valence-electron chi connectivity index (χ2n) is 4.08. The third kappa shape index (κ3) is 3.41. The Morgan fingerprint density at radius 2 is 1.56 bits per heavy atom. The van der Waals surface area contributed by atoms with Crippen molar-refractivity contribution in [3.05, 3.63) is 0 Å². The standard InChI is InChI=1S/C11H18O7/c1-5-8(17-6(2)12)9(15-4)10(11(14)16-5)18-7(3)13/h5,8-11,14H,1-4H3/t5-,8+,9+,10-,11-/m0/s1. The van der Waals surface area contributed by atoms with Crippen molar-refractivity contribution >= 4 is 11.9 Å². The molecule has 0 unspecified atom stereocenters. The van der Waals surface area contributed by atoms with E-state index in [0.717, 1.165) is 0 Å². The first kappa shape index (κ1) is 14.9. The van der Waals surface area contributed by atoms with Crippen LogP contribution in [0, 0.1) is 0 Å². The molecule has 5 atom stereocenters. The third-order valence-corrected chi connectivity index (χ3v) is 2.62. The van der Waals surface area contributed by atoms with Crippen molar-refractivity contribution in [3.8, 4) is 0 Å². The maximum atomic E-state index is 11.0. The van der Waals surface area contributed by atoms with Crippen molar-refractivity contribution < 1.29 is 33.6 Å². The van der Waals surface area contributed by atoms with Crippen LogP contribution in [-0.4, -0.2) is 54.9 Å². The number of aliphatic hydroxyl groups is 1. The Balaban J connectivity index is 2.88. The number of esters is 2. The van der Waals surface area contributed by atoms with Crippen LogP contribution < -0.4 is 0 Å². The van der Waals surface area contributed by atoms with Crippen molar-refractivity contribution in [1.29, 1.82) is 0 Å². The summed E-state index contributed by atoms with van der Waals surface area (Å²) in [5, 5.41) is 9.72. The first-order valence-electron chi connectivity index (χ1n) is 5.57. The lowest BCUT2D eigenvalue weighted by Crippen LogP contribution is -2.59. The summed E-state index contributed by atoms with van der Waals surface area (Å²) >= 11 is 0. The smallest absolute Gasteiger partial charge is 0.303 e. The Morgan fingerprint density at radius 3 is 2.00 bits per heavy atom.